The fraction of sp³-hybridized carbons (Fsp3) is 0.300. The average Bonchev–Trinajstić information content (AvgIpc) is 3.35. The lowest BCUT2D eigenvalue weighted by molar-refractivity contribution is 0.101. The summed E-state index contributed by atoms with van der Waals surface area (Å²) in [6.07, 6.45) is 2.40. The SMILES string of the molecule is Cc1cc(N2CCCC2)nc(Nc2ccc(NC(=O)c3cc(C)on3)cc2)n1. The summed E-state index contributed by atoms with van der Waals surface area (Å²) in [5.41, 5.74) is 2.68. The third-order valence-corrected chi connectivity index (χ3v) is 4.53. The normalized spacial score (nSPS) is 13.6. The molecule has 4 rings (SSSR count). The van der Waals surface area contributed by atoms with E-state index in [9.17, 15) is 4.79 Å². The van der Waals surface area contributed by atoms with Gasteiger partial charge in [0.25, 0.3) is 5.91 Å². The van der Waals surface area contributed by atoms with E-state index in [-0.39, 0.29) is 11.6 Å². The maximum atomic E-state index is 12.1. The molecule has 1 saturated heterocycles. The van der Waals surface area contributed by atoms with Gasteiger partial charge in [0.15, 0.2) is 5.69 Å². The van der Waals surface area contributed by atoms with Crippen molar-refractivity contribution >= 4 is 29.0 Å². The summed E-state index contributed by atoms with van der Waals surface area (Å²) in [5, 5.41) is 9.74. The van der Waals surface area contributed by atoms with Gasteiger partial charge in [0.05, 0.1) is 0 Å². The number of amides is 1. The summed E-state index contributed by atoms with van der Waals surface area (Å²) in [6.45, 7) is 5.79. The van der Waals surface area contributed by atoms with Crippen LogP contribution >= 0.6 is 0 Å². The van der Waals surface area contributed by atoms with E-state index in [0.717, 1.165) is 30.3 Å². The highest BCUT2D eigenvalue weighted by Gasteiger charge is 2.15. The lowest BCUT2D eigenvalue weighted by Crippen LogP contribution is -2.19. The van der Waals surface area contributed by atoms with Crippen LogP contribution in [0.2, 0.25) is 0 Å². The monoisotopic (exact) mass is 378 g/mol. The van der Waals surface area contributed by atoms with Crippen molar-refractivity contribution in [3.8, 4) is 0 Å². The second-order valence-corrected chi connectivity index (χ2v) is 6.86. The van der Waals surface area contributed by atoms with Gasteiger partial charge in [-0.15, -0.1) is 0 Å². The summed E-state index contributed by atoms with van der Waals surface area (Å²) < 4.78 is 4.93. The van der Waals surface area contributed by atoms with Crippen molar-refractivity contribution in [2.75, 3.05) is 28.6 Å². The van der Waals surface area contributed by atoms with Crippen molar-refractivity contribution in [3.63, 3.8) is 0 Å². The van der Waals surface area contributed by atoms with E-state index < -0.39 is 0 Å². The molecule has 144 valence electrons. The Morgan fingerprint density at radius 1 is 1.04 bits per heavy atom. The van der Waals surface area contributed by atoms with Crippen molar-refractivity contribution in [3.05, 3.63) is 53.5 Å². The van der Waals surface area contributed by atoms with E-state index in [1.807, 2.05) is 37.3 Å². The number of hydrogen-bond acceptors (Lipinski definition) is 7. The van der Waals surface area contributed by atoms with Crippen LogP contribution in [-0.4, -0.2) is 34.1 Å². The van der Waals surface area contributed by atoms with Gasteiger partial charge >= 0.3 is 0 Å². The molecule has 3 aromatic rings. The molecule has 0 aliphatic carbocycles. The quantitative estimate of drug-likeness (QED) is 0.699. The van der Waals surface area contributed by atoms with Crippen LogP contribution in [0.1, 0.15) is 34.8 Å². The highest BCUT2D eigenvalue weighted by atomic mass is 16.5. The third kappa shape index (κ3) is 4.11. The minimum Gasteiger partial charge on any atom is -0.361 e. The van der Waals surface area contributed by atoms with Crippen molar-refractivity contribution in [2.24, 2.45) is 0 Å². The van der Waals surface area contributed by atoms with Gasteiger partial charge in [0.1, 0.15) is 11.6 Å². The lowest BCUT2D eigenvalue weighted by atomic mass is 10.2. The van der Waals surface area contributed by atoms with Crippen molar-refractivity contribution in [2.45, 2.75) is 26.7 Å². The van der Waals surface area contributed by atoms with Gasteiger partial charge in [0.2, 0.25) is 5.95 Å². The van der Waals surface area contributed by atoms with E-state index >= 15 is 0 Å². The van der Waals surface area contributed by atoms with Crippen LogP contribution in [-0.2, 0) is 0 Å². The average molecular weight is 378 g/mol. The first-order valence-corrected chi connectivity index (χ1v) is 9.29. The molecule has 1 amide bonds. The maximum Gasteiger partial charge on any atom is 0.277 e. The van der Waals surface area contributed by atoms with Crippen LogP contribution in [0.4, 0.5) is 23.1 Å². The number of nitrogens with zero attached hydrogens (tertiary/aromatic N) is 4. The maximum absolute atomic E-state index is 12.1. The Labute approximate surface area is 163 Å². The van der Waals surface area contributed by atoms with Gasteiger partial charge in [-0.3, -0.25) is 4.79 Å². The van der Waals surface area contributed by atoms with Crippen molar-refractivity contribution in [1.82, 2.24) is 15.1 Å². The second kappa shape index (κ2) is 7.67. The standard InChI is InChI=1S/C20H22N6O2/c1-13-11-18(26-9-3-4-10-26)24-20(21-13)23-16-7-5-15(6-8-16)22-19(27)17-12-14(2)28-25-17/h5-8,11-12H,3-4,9-10H2,1-2H3,(H,22,27)(H,21,23,24). The number of hydrogen-bond donors (Lipinski definition) is 2. The molecular formula is C20H22N6O2. The van der Waals surface area contributed by atoms with Gasteiger partial charge in [-0.25, -0.2) is 4.98 Å². The fourth-order valence-electron chi connectivity index (χ4n) is 3.15. The molecule has 2 aromatic heterocycles. The first-order chi connectivity index (χ1) is 13.6. The highest BCUT2D eigenvalue weighted by Crippen LogP contribution is 2.22. The van der Waals surface area contributed by atoms with E-state index in [0.29, 0.717) is 17.4 Å². The Balaban J connectivity index is 1.43. The van der Waals surface area contributed by atoms with Gasteiger partial charge in [0, 0.05) is 42.3 Å². The molecule has 0 bridgehead atoms. The smallest absolute Gasteiger partial charge is 0.277 e. The summed E-state index contributed by atoms with van der Waals surface area (Å²) >= 11 is 0. The third-order valence-electron chi connectivity index (χ3n) is 4.53. The van der Waals surface area contributed by atoms with Crippen molar-refractivity contribution < 1.29 is 9.32 Å². The van der Waals surface area contributed by atoms with E-state index in [2.05, 4.69) is 30.7 Å². The Morgan fingerprint density at radius 3 is 2.43 bits per heavy atom. The van der Waals surface area contributed by atoms with Crippen LogP contribution < -0.4 is 15.5 Å². The lowest BCUT2D eigenvalue weighted by Gasteiger charge is -2.17. The Kier molecular flexibility index (Phi) is 4.92. The Bertz CT molecular complexity index is 977. The molecule has 8 nitrogen and oxygen atoms in total. The molecule has 0 atom stereocenters. The molecule has 0 radical (unpaired) electrons. The molecule has 1 aromatic carbocycles. The zero-order valence-corrected chi connectivity index (χ0v) is 15.9. The van der Waals surface area contributed by atoms with Gasteiger partial charge in [-0.2, -0.15) is 4.98 Å². The molecule has 0 unspecified atom stereocenters. The van der Waals surface area contributed by atoms with E-state index in [4.69, 9.17) is 4.52 Å². The van der Waals surface area contributed by atoms with Crippen LogP contribution in [0, 0.1) is 13.8 Å². The summed E-state index contributed by atoms with van der Waals surface area (Å²) in [5.74, 6) is 1.81. The fourth-order valence-corrected chi connectivity index (χ4v) is 3.15. The minimum absolute atomic E-state index is 0.252. The predicted molar refractivity (Wildman–Crippen MR) is 107 cm³/mol. The van der Waals surface area contributed by atoms with E-state index in [1.54, 1.807) is 13.0 Å². The van der Waals surface area contributed by atoms with Gasteiger partial charge < -0.3 is 20.1 Å². The first kappa shape index (κ1) is 18.0. The number of aryl methyl sites for hydroxylation is 2. The van der Waals surface area contributed by atoms with Crippen LogP contribution in [0.3, 0.4) is 0 Å². The predicted octanol–water partition coefficient (Wildman–Crippen LogP) is 3.68. The molecule has 1 aliphatic rings. The Hall–Kier alpha value is -3.42. The number of carbonyl (C=O) groups is 1. The molecule has 0 spiro atoms. The van der Waals surface area contributed by atoms with Crippen LogP contribution in [0.5, 0.6) is 0 Å². The molecule has 1 fully saturated rings. The summed E-state index contributed by atoms with van der Waals surface area (Å²) in [7, 11) is 0. The molecule has 0 saturated carbocycles. The summed E-state index contributed by atoms with van der Waals surface area (Å²) in [6, 6.07) is 11.0. The largest absolute Gasteiger partial charge is 0.361 e. The first-order valence-electron chi connectivity index (χ1n) is 9.29. The number of carbonyl (C=O) groups excluding carboxylic acids is 1. The highest BCUT2D eigenvalue weighted by molar-refractivity contribution is 6.02. The van der Waals surface area contributed by atoms with E-state index in [1.165, 1.54) is 12.8 Å². The van der Waals surface area contributed by atoms with Crippen molar-refractivity contribution in [1.29, 1.82) is 0 Å². The van der Waals surface area contributed by atoms with Crippen LogP contribution in [0.15, 0.2) is 40.9 Å². The minimum atomic E-state index is -0.310. The molecular weight excluding hydrogens is 356 g/mol. The summed E-state index contributed by atoms with van der Waals surface area (Å²) in [4.78, 5) is 23.5. The molecule has 2 N–H and O–H groups in total. The zero-order chi connectivity index (χ0) is 19.5. The van der Waals surface area contributed by atoms with Gasteiger partial charge in [-0.1, -0.05) is 5.16 Å². The molecule has 28 heavy (non-hydrogen) atoms. The number of benzene rings is 1. The molecule has 8 heteroatoms. The second-order valence-electron chi connectivity index (χ2n) is 6.86. The zero-order valence-electron chi connectivity index (χ0n) is 15.9. The van der Waals surface area contributed by atoms with Gasteiger partial charge in [-0.05, 0) is 51.0 Å². The number of aromatic nitrogens is 3. The number of anilines is 4. The Morgan fingerprint density at radius 2 is 1.75 bits per heavy atom. The molecule has 1 aliphatic heterocycles. The topological polar surface area (TPSA) is 96.2 Å². The number of nitrogens with one attached hydrogen (secondary N) is 2. The number of rotatable bonds is 5. The molecule has 3 heterocycles. The van der Waals surface area contributed by atoms with Crippen LogP contribution in [0.25, 0.3) is 0 Å².